The van der Waals surface area contributed by atoms with Gasteiger partial charge < -0.3 is 43.7 Å². The molecular formula is C15H26O12. The summed E-state index contributed by atoms with van der Waals surface area (Å²) in [5.74, 6) is 0. The van der Waals surface area contributed by atoms with E-state index in [4.69, 9.17) is 29.5 Å². The van der Waals surface area contributed by atoms with Crippen LogP contribution in [0.5, 0.6) is 0 Å². The average Bonchev–Trinajstić information content (AvgIpc) is 2.68. The van der Waals surface area contributed by atoms with Crippen molar-refractivity contribution < 1.29 is 58.1 Å². The first-order valence-corrected chi connectivity index (χ1v) is 8.14. The van der Waals surface area contributed by atoms with E-state index in [-0.39, 0.29) is 65.9 Å². The Hall–Kier alpha value is -2.31. The number of aliphatic hydroxyl groups is 3. The molecule has 0 aliphatic heterocycles. The van der Waals surface area contributed by atoms with Crippen LogP contribution in [0.1, 0.15) is 13.3 Å². The van der Waals surface area contributed by atoms with Gasteiger partial charge in [0.15, 0.2) is 0 Å². The molecule has 0 aliphatic carbocycles. The van der Waals surface area contributed by atoms with Crippen molar-refractivity contribution in [2.75, 3.05) is 59.5 Å². The summed E-state index contributed by atoms with van der Waals surface area (Å²) in [6, 6.07) is 0. The topological polar surface area (TPSA) is 167 Å². The molecule has 0 aliphatic rings. The van der Waals surface area contributed by atoms with Gasteiger partial charge in [0, 0.05) is 0 Å². The lowest BCUT2D eigenvalue weighted by atomic mass is 9.88. The van der Waals surface area contributed by atoms with Gasteiger partial charge >= 0.3 is 18.5 Å². The van der Waals surface area contributed by atoms with Gasteiger partial charge in [-0.2, -0.15) is 0 Å². The smallest absolute Gasteiger partial charge is 0.433 e. The molecule has 158 valence electrons. The quantitative estimate of drug-likeness (QED) is 0.277. The zero-order chi connectivity index (χ0) is 20.5. The largest absolute Gasteiger partial charge is 0.508 e. The molecule has 0 aromatic rings. The van der Waals surface area contributed by atoms with Crippen LogP contribution >= 0.6 is 0 Å². The molecule has 27 heavy (non-hydrogen) atoms. The van der Waals surface area contributed by atoms with E-state index in [1.807, 2.05) is 0 Å². The van der Waals surface area contributed by atoms with E-state index < -0.39 is 23.9 Å². The number of aliphatic hydroxyl groups excluding tert-OH is 3. The minimum absolute atomic E-state index is 0.251. The second-order valence-corrected chi connectivity index (χ2v) is 5.19. The summed E-state index contributed by atoms with van der Waals surface area (Å²) >= 11 is 0. The highest BCUT2D eigenvalue weighted by molar-refractivity contribution is 5.61. The molecular weight excluding hydrogens is 372 g/mol. The Bertz CT molecular complexity index is 379. The second kappa shape index (κ2) is 14.8. The van der Waals surface area contributed by atoms with Crippen LogP contribution in [0.25, 0.3) is 0 Å². The fourth-order valence-electron chi connectivity index (χ4n) is 1.58. The number of carbonyl (C=O) groups excluding carboxylic acids is 3. The Balaban J connectivity index is 4.82. The molecule has 0 saturated carbocycles. The highest BCUT2D eigenvalue weighted by Crippen LogP contribution is 2.25. The van der Waals surface area contributed by atoms with E-state index in [1.54, 1.807) is 6.92 Å². The van der Waals surface area contributed by atoms with Crippen molar-refractivity contribution in [1.82, 2.24) is 0 Å². The second-order valence-electron chi connectivity index (χ2n) is 5.19. The lowest BCUT2D eigenvalue weighted by Gasteiger charge is -2.30. The monoisotopic (exact) mass is 398 g/mol. The van der Waals surface area contributed by atoms with Gasteiger partial charge in [0.25, 0.3) is 0 Å². The van der Waals surface area contributed by atoms with Gasteiger partial charge in [0.2, 0.25) is 0 Å². The van der Waals surface area contributed by atoms with Crippen molar-refractivity contribution in [3.05, 3.63) is 0 Å². The van der Waals surface area contributed by atoms with Crippen LogP contribution in [0.4, 0.5) is 14.4 Å². The maximum atomic E-state index is 11.4. The van der Waals surface area contributed by atoms with Crippen LogP contribution in [0, 0.1) is 5.41 Å². The summed E-state index contributed by atoms with van der Waals surface area (Å²) in [6.45, 7) is -1.26. The van der Waals surface area contributed by atoms with Gasteiger partial charge in [0.1, 0.15) is 39.6 Å². The van der Waals surface area contributed by atoms with Gasteiger partial charge in [-0.15, -0.1) is 0 Å². The van der Waals surface area contributed by atoms with Crippen molar-refractivity contribution in [2.45, 2.75) is 13.3 Å². The van der Waals surface area contributed by atoms with Crippen molar-refractivity contribution in [3.63, 3.8) is 0 Å². The Kier molecular flexibility index (Phi) is 13.5. The molecule has 0 unspecified atom stereocenters. The SMILES string of the molecule is CCC(COC(=O)OCCO)(COC(=O)OCCO)COC(=O)OCCO. The first-order valence-electron chi connectivity index (χ1n) is 8.14. The fourth-order valence-corrected chi connectivity index (χ4v) is 1.58. The molecule has 0 rings (SSSR count). The summed E-state index contributed by atoms with van der Waals surface area (Å²) < 4.78 is 28.4. The third kappa shape index (κ3) is 11.8. The average molecular weight is 398 g/mol. The number of hydrogen-bond acceptors (Lipinski definition) is 12. The summed E-state index contributed by atoms with van der Waals surface area (Å²) in [4.78, 5) is 34.3. The Labute approximate surface area is 155 Å². The molecule has 0 aromatic carbocycles. The van der Waals surface area contributed by atoms with Crippen molar-refractivity contribution in [3.8, 4) is 0 Å². The minimum Gasteiger partial charge on any atom is -0.433 e. The van der Waals surface area contributed by atoms with E-state index in [1.165, 1.54) is 0 Å². The number of hydrogen-bond donors (Lipinski definition) is 3. The maximum Gasteiger partial charge on any atom is 0.508 e. The highest BCUT2D eigenvalue weighted by atomic mass is 16.7. The Morgan fingerprint density at radius 1 is 0.630 bits per heavy atom. The predicted molar refractivity (Wildman–Crippen MR) is 85.9 cm³/mol. The lowest BCUT2D eigenvalue weighted by Crippen LogP contribution is -2.39. The van der Waals surface area contributed by atoms with Crippen LogP contribution < -0.4 is 0 Å². The van der Waals surface area contributed by atoms with Gasteiger partial charge in [0.05, 0.1) is 25.2 Å². The third-order valence-electron chi connectivity index (χ3n) is 3.17. The van der Waals surface area contributed by atoms with Crippen LogP contribution in [0.3, 0.4) is 0 Å². The Morgan fingerprint density at radius 2 is 0.926 bits per heavy atom. The van der Waals surface area contributed by atoms with Crippen molar-refractivity contribution >= 4 is 18.5 Å². The van der Waals surface area contributed by atoms with E-state index in [9.17, 15) is 14.4 Å². The molecule has 0 radical (unpaired) electrons. The standard InChI is InChI=1S/C15H26O12/c1-2-15(9-25-12(19)22-6-3-16,10-26-13(20)23-7-4-17)11-27-14(21)24-8-5-18/h16-18H,2-11H2,1H3. The molecule has 0 bridgehead atoms. The predicted octanol–water partition coefficient (Wildman–Crippen LogP) is -0.181. The number of rotatable bonds is 13. The van der Waals surface area contributed by atoms with Crippen molar-refractivity contribution in [1.29, 1.82) is 0 Å². The zero-order valence-corrected chi connectivity index (χ0v) is 15.1. The molecule has 0 atom stereocenters. The first-order chi connectivity index (χ1) is 12.9. The van der Waals surface area contributed by atoms with Crippen LogP contribution in [-0.4, -0.2) is 93.2 Å². The van der Waals surface area contributed by atoms with Crippen LogP contribution in [0.2, 0.25) is 0 Å². The molecule has 0 saturated heterocycles. The molecule has 0 heterocycles. The van der Waals surface area contributed by atoms with E-state index in [2.05, 4.69) is 14.2 Å². The van der Waals surface area contributed by atoms with Gasteiger partial charge in [-0.1, -0.05) is 6.92 Å². The van der Waals surface area contributed by atoms with Crippen molar-refractivity contribution in [2.24, 2.45) is 5.41 Å². The fraction of sp³-hybridized carbons (Fsp3) is 0.800. The molecule has 3 N–H and O–H groups in total. The number of ether oxygens (including phenoxy) is 6. The molecule has 12 heteroatoms. The van der Waals surface area contributed by atoms with Crippen LogP contribution in [0.15, 0.2) is 0 Å². The van der Waals surface area contributed by atoms with E-state index in [0.29, 0.717) is 0 Å². The summed E-state index contributed by atoms with van der Waals surface area (Å²) in [5.41, 5.74) is -1.13. The zero-order valence-electron chi connectivity index (χ0n) is 15.1. The highest BCUT2D eigenvalue weighted by Gasteiger charge is 2.35. The van der Waals surface area contributed by atoms with Gasteiger partial charge in [-0.05, 0) is 6.42 Å². The lowest BCUT2D eigenvalue weighted by molar-refractivity contribution is -0.0583. The normalized spacial score (nSPS) is 10.7. The molecule has 0 fully saturated rings. The first kappa shape index (κ1) is 24.7. The van der Waals surface area contributed by atoms with Crippen LogP contribution in [-0.2, 0) is 28.4 Å². The van der Waals surface area contributed by atoms with E-state index in [0.717, 1.165) is 0 Å². The van der Waals surface area contributed by atoms with E-state index >= 15 is 0 Å². The summed E-state index contributed by atoms with van der Waals surface area (Å²) in [6.07, 6.45) is -2.94. The molecule has 0 aromatic heterocycles. The van der Waals surface area contributed by atoms with Gasteiger partial charge in [-0.25, -0.2) is 14.4 Å². The third-order valence-corrected chi connectivity index (χ3v) is 3.17. The summed E-state index contributed by atoms with van der Waals surface area (Å²) in [5, 5.41) is 25.8. The molecule has 0 spiro atoms. The molecule has 12 nitrogen and oxygen atoms in total. The Morgan fingerprint density at radius 3 is 1.15 bits per heavy atom. The summed E-state index contributed by atoms with van der Waals surface area (Å²) in [7, 11) is 0. The maximum absolute atomic E-state index is 11.4. The minimum atomic E-state index is -1.13. The molecule has 0 amide bonds. The number of carbonyl (C=O) groups is 3. The van der Waals surface area contributed by atoms with Gasteiger partial charge in [-0.3, -0.25) is 0 Å².